The summed E-state index contributed by atoms with van der Waals surface area (Å²) in [7, 11) is 1.79. The van der Waals surface area contributed by atoms with Crippen molar-refractivity contribution in [2.45, 2.75) is 38.1 Å². The van der Waals surface area contributed by atoms with Crippen LogP contribution in [0.3, 0.4) is 0 Å². The molecule has 1 aliphatic carbocycles. The van der Waals surface area contributed by atoms with Crippen LogP contribution in [-0.2, 0) is 11.3 Å². The number of ether oxygens (including phenoxy) is 1. The summed E-state index contributed by atoms with van der Waals surface area (Å²) < 4.78 is 43.9. The maximum Gasteiger partial charge on any atom is 0.573 e. The molecule has 1 saturated carbocycles. The van der Waals surface area contributed by atoms with Crippen molar-refractivity contribution < 1.29 is 22.7 Å². The molecule has 1 aliphatic heterocycles. The third kappa shape index (κ3) is 4.97. The molecular formula is C21H25F3N6O2. The topological polar surface area (TPSA) is 89.5 Å². The molecule has 0 aromatic carbocycles. The van der Waals surface area contributed by atoms with E-state index in [4.69, 9.17) is 5.73 Å². The fourth-order valence-electron chi connectivity index (χ4n) is 3.65. The van der Waals surface area contributed by atoms with Crippen molar-refractivity contribution in [1.29, 1.82) is 0 Å². The van der Waals surface area contributed by atoms with Crippen LogP contribution in [0.25, 0.3) is 11.3 Å². The van der Waals surface area contributed by atoms with E-state index < -0.39 is 12.1 Å². The molecule has 2 fully saturated rings. The standard InChI is InChI=1S/C21H25F3N6O2/c1-13(29-8-7-28(2)18(31)12-29)5-6-30-11-16(27-20(30)14-3-4-14)15-9-17(19(25)26-10-15)32-21(22,23)24/h9-11,14H,1,3-8,12H2,2H3,(H2,25,26). The lowest BCUT2D eigenvalue weighted by molar-refractivity contribution is -0.274. The zero-order valence-electron chi connectivity index (χ0n) is 17.7. The van der Waals surface area contributed by atoms with Crippen LogP contribution in [0.15, 0.2) is 30.7 Å². The maximum absolute atomic E-state index is 12.7. The van der Waals surface area contributed by atoms with Gasteiger partial charge < -0.3 is 24.8 Å². The minimum Gasteiger partial charge on any atom is -0.402 e. The number of allylic oxidation sites excluding steroid dienone is 1. The zero-order valence-corrected chi connectivity index (χ0v) is 17.7. The Labute approximate surface area is 183 Å². The highest BCUT2D eigenvalue weighted by molar-refractivity contribution is 5.79. The highest BCUT2D eigenvalue weighted by Gasteiger charge is 2.33. The lowest BCUT2D eigenvalue weighted by Gasteiger charge is -2.34. The van der Waals surface area contributed by atoms with Crippen LogP contribution in [0, 0.1) is 0 Å². The SMILES string of the molecule is C=C(CCn1cc(-c2cnc(N)c(OC(F)(F)F)c2)nc1C1CC1)N1CCN(C)C(=O)C1. The number of hydrogen-bond acceptors (Lipinski definition) is 6. The Morgan fingerprint density at radius 3 is 2.75 bits per heavy atom. The molecule has 0 bridgehead atoms. The van der Waals surface area contributed by atoms with Crippen molar-refractivity contribution in [1.82, 2.24) is 24.3 Å². The monoisotopic (exact) mass is 450 g/mol. The first kappa shape index (κ1) is 22.0. The molecule has 1 saturated heterocycles. The van der Waals surface area contributed by atoms with Gasteiger partial charge >= 0.3 is 6.36 Å². The van der Waals surface area contributed by atoms with Crippen LogP contribution in [0.2, 0.25) is 0 Å². The van der Waals surface area contributed by atoms with Crippen molar-refractivity contribution in [2.75, 3.05) is 32.4 Å². The number of halogens is 3. The summed E-state index contributed by atoms with van der Waals surface area (Å²) in [5.41, 5.74) is 7.31. The van der Waals surface area contributed by atoms with Gasteiger partial charge in [0, 0.05) is 62.7 Å². The molecule has 3 heterocycles. The third-order valence-corrected chi connectivity index (χ3v) is 5.70. The molecule has 11 heteroatoms. The van der Waals surface area contributed by atoms with E-state index >= 15 is 0 Å². The number of rotatable bonds is 7. The number of nitrogens with two attached hydrogens (primary N) is 1. The first-order valence-corrected chi connectivity index (χ1v) is 10.4. The average molecular weight is 450 g/mol. The number of hydrogen-bond donors (Lipinski definition) is 1. The maximum atomic E-state index is 12.7. The number of aryl methyl sites for hydroxylation is 1. The minimum absolute atomic E-state index is 0.0636. The zero-order chi connectivity index (χ0) is 23.0. The number of nitrogens with zero attached hydrogens (tertiary/aromatic N) is 5. The number of carbonyl (C=O) groups is 1. The Morgan fingerprint density at radius 2 is 2.09 bits per heavy atom. The second kappa shape index (κ2) is 8.36. The molecule has 0 spiro atoms. The summed E-state index contributed by atoms with van der Waals surface area (Å²) in [6.45, 7) is 6.46. The summed E-state index contributed by atoms with van der Waals surface area (Å²) in [4.78, 5) is 24.2. The van der Waals surface area contributed by atoms with Crippen molar-refractivity contribution in [3.8, 4) is 17.0 Å². The van der Waals surface area contributed by atoms with E-state index in [1.54, 1.807) is 18.1 Å². The minimum atomic E-state index is -4.86. The molecule has 0 unspecified atom stereocenters. The quantitative estimate of drug-likeness (QED) is 0.698. The Hall–Kier alpha value is -3.24. The largest absolute Gasteiger partial charge is 0.573 e. The number of aromatic nitrogens is 3. The molecule has 1 amide bonds. The van der Waals surface area contributed by atoms with Crippen LogP contribution < -0.4 is 10.5 Å². The van der Waals surface area contributed by atoms with Gasteiger partial charge in [-0.05, 0) is 18.9 Å². The Bertz CT molecular complexity index is 1030. The van der Waals surface area contributed by atoms with Crippen LogP contribution >= 0.6 is 0 Å². The smallest absolute Gasteiger partial charge is 0.402 e. The molecule has 0 radical (unpaired) electrons. The van der Waals surface area contributed by atoms with E-state index in [0.717, 1.165) is 30.9 Å². The normalized spacial score (nSPS) is 17.1. The van der Waals surface area contributed by atoms with E-state index in [-0.39, 0.29) is 11.7 Å². The number of piperazine rings is 1. The highest BCUT2D eigenvalue weighted by atomic mass is 19.4. The molecule has 0 atom stereocenters. The van der Waals surface area contributed by atoms with Crippen LogP contribution in [0.5, 0.6) is 5.75 Å². The lowest BCUT2D eigenvalue weighted by atomic mass is 10.2. The van der Waals surface area contributed by atoms with Crippen LogP contribution in [0.4, 0.5) is 19.0 Å². The van der Waals surface area contributed by atoms with Gasteiger partial charge in [0.05, 0.1) is 12.2 Å². The van der Waals surface area contributed by atoms with Gasteiger partial charge in [-0.2, -0.15) is 0 Å². The number of carbonyl (C=O) groups excluding carboxylic acids is 1. The third-order valence-electron chi connectivity index (χ3n) is 5.70. The molecular weight excluding hydrogens is 425 g/mol. The van der Waals surface area contributed by atoms with Crippen molar-refractivity contribution in [2.24, 2.45) is 0 Å². The number of anilines is 1. The first-order valence-electron chi connectivity index (χ1n) is 10.4. The summed E-state index contributed by atoms with van der Waals surface area (Å²) in [6.07, 6.45) is 1.00. The van der Waals surface area contributed by atoms with Crippen LogP contribution in [-0.4, -0.2) is 63.3 Å². The number of pyridine rings is 1. The molecule has 32 heavy (non-hydrogen) atoms. The molecule has 172 valence electrons. The lowest BCUT2D eigenvalue weighted by Crippen LogP contribution is -2.47. The van der Waals surface area contributed by atoms with Gasteiger partial charge in [-0.3, -0.25) is 4.79 Å². The molecule has 2 aromatic heterocycles. The number of alkyl halides is 3. The number of nitrogen functional groups attached to an aromatic ring is 1. The van der Waals surface area contributed by atoms with Gasteiger partial charge in [-0.15, -0.1) is 13.2 Å². The van der Waals surface area contributed by atoms with Gasteiger partial charge in [0.2, 0.25) is 5.91 Å². The fraction of sp³-hybridized carbons (Fsp3) is 0.476. The Balaban J connectivity index is 1.50. The van der Waals surface area contributed by atoms with Gasteiger partial charge in [-0.1, -0.05) is 6.58 Å². The second-order valence-electron chi connectivity index (χ2n) is 8.16. The Morgan fingerprint density at radius 1 is 1.34 bits per heavy atom. The van der Waals surface area contributed by atoms with Crippen molar-refractivity contribution >= 4 is 11.7 Å². The molecule has 2 aliphatic rings. The first-order chi connectivity index (χ1) is 15.1. The van der Waals surface area contributed by atoms with E-state index in [9.17, 15) is 18.0 Å². The van der Waals surface area contributed by atoms with Crippen molar-refractivity contribution in [3.63, 3.8) is 0 Å². The molecule has 2 N–H and O–H groups in total. The van der Waals surface area contributed by atoms with Gasteiger partial charge in [0.1, 0.15) is 5.82 Å². The molecule has 8 nitrogen and oxygen atoms in total. The summed E-state index contributed by atoms with van der Waals surface area (Å²) in [6, 6.07) is 1.20. The predicted molar refractivity (Wildman–Crippen MR) is 111 cm³/mol. The number of amides is 1. The van der Waals surface area contributed by atoms with E-state index in [0.29, 0.717) is 43.2 Å². The summed E-state index contributed by atoms with van der Waals surface area (Å²) >= 11 is 0. The fourth-order valence-corrected chi connectivity index (χ4v) is 3.65. The molecule has 4 rings (SSSR count). The molecule has 2 aromatic rings. The summed E-state index contributed by atoms with van der Waals surface area (Å²) in [5, 5.41) is 0. The van der Waals surface area contributed by atoms with Crippen LogP contribution in [0.1, 0.15) is 31.0 Å². The van der Waals surface area contributed by atoms with E-state index in [1.165, 1.54) is 12.3 Å². The van der Waals surface area contributed by atoms with Gasteiger partial charge in [-0.25, -0.2) is 9.97 Å². The second-order valence-corrected chi connectivity index (χ2v) is 8.16. The van der Waals surface area contributed by atoms with Crippen molar-refractivity contribution in [3.05, 3.63) is 36.6 Å². The number of imidazole rings is 1. The van der Waals surface area contributed by atoms with E-state index in [1.807, 2.05) is 9.47 Å². The Kier molecular flexibility index (Phi) is 5.74. The number of likely N-dealkylation sites (N-methyl/N-ethyl adjacent to an activating group) is 1. The summed E-state index contributed by atoms with van der Waals surface area (Å²) in [5.74, 6) is 0.387. The van der Waals surface area contributed by atoms with Gasteiger partial charge in [0.15, 0.2) is 11.6 Å². The van der Waals surface area contributed by atoms with Gasteiger partial charge in [0.25, 0.3) is 0 Å². The highest BCUT2D eigenvalue weighted by Crippen LogP contribution is 2.41. The predicted octanol–water partition coefficient (Wildman–Crippen LogP) is 2.98. The van der Waals surface area contributed by atoms with E-state index in [2.05, 4.69) is 21.3 Å². The average Bonchev–Trinajstić information content (AvgIpc) is 3.48.